The van der Waals surface area contributed by atoms with E-state index in [9.17, 15) is 5.11 Å². The van der Waals surface area contributed by atoms with Crippen LogP contribution in [0.3, 0.4) is 0 Å². The average Bonchev–Trinajstić information content (AvgIpc) is 2.31. The lowest BCUT2D eigenvalue weighted by atomic mass is 9.78. The van der Waals surface area contributed by atoms with E-state index in [0.717, 1.165) is 12.8 Å². The van der Waals surface area contributed by atoms with E-state index in [1.54, 1.807) is 0 Å². The topological polar surface area (TPSA) is 20.2 Å². The highest BCUT2D eigenvalue weighted by Crippen LogP contribution is 2.30. The summed E-state index contributed by atoms with van der Waals surface area (Å²) in [6.07, 6.45) is 13.1. The predicted molar refractivity (Wildman–Crippen MR) is 81.8 cm³/mol. The molecule has 0 spiro atoms. The molecule has 1 heteroatoms. The Morgan fingerprint density at radius 1 is 0.889 bits per heavy atom. The molecule has 0 aliphatic carbocycles. The zero-order chi connectivity index (χ0) is 14.0. The normalized spacial score (nSPS) is 13.1. The van der Waals surface area contributed by atoms with E-state index in [0.29, 0.717) is 11.8 Å². The van der Waals surface area contributed by atoms with Crippen molar-refractivity contribution in [3.63, 3.8) is 0 Å². The molecular formula is C17H34O. The fraction of sp³-hybridized carbons (Fsp3) is 0.882. The SMILES string of the molecule is CCCCCCC/C=C\CC(O)(C(C)C)C(C)C. The summed E-state index contributed by atoms with van der Waals surface area (Å²) >= 11 is 0. The number of unbranched alkanes of at least 4 members (excludes halogenated alkanes) is 5. The van der Waals surface area contributed by atoms with Crippen LogP contribution >= 0.6 is 0 Å². The first kappa shape index (κ1) is 17.7. The molecular weight excluding hydrogens is 220 g/mol. The second kappa shape index (κ2) is 9.61. The van der Waals surface area contributed by atoms with E-state index in [2.05, 4.69) is 46.8 Å². The van der Waals surface area contributed by atoms with Crippen molar-refractivity contribution < 1.29 is 5.11 Å². The summed E-state index contributed by atoms with van der Waals surface area (Å²) < 4.78 is 0. The molecule has 0 aromatic rings. The molecule has 0 aromatic heterocycles. The summed E-state index contributed by atoms with van der Waals surface area (Å²) in [5, 5.41) is 10.6. The van der Waals surface area contributed by atoms with E-state index >= 15 is 0 Å². The molecule has 0 aliphatic heterocycles. The molecule has 0 aromatic carbocycles. The van der Waals surface area contributed by atoms with Gasteiger partial charge in [-0.1, -0.05) is 72.5 Å². The van der Waals surface area contributed by atoms with Crippen LogP contribution < -0.4 is 0 Å². The second-order valence-electron chi connectivity index (χ2n) is 6.18. The Labute approximate surface area is 115 Å². The molecule has 0 bridgehead atoms. The third kappa shape index (κ3) is 6.58. The van der Waals surface area contributed by atoms with Crippen molar-refractivity contribution in [2.75, 3.05) is 0 Å². The molecule has 0 heterocycles. The van der Waals surface area contributed by atoms with Crippen molar-refractivity contribution in [2.45, 2.75) is 85.2 Å². The first-order valence-corrected chi connectivity index (χ1v) is 7.82. The minimum atomic E-state index is -0.543. The van der Waals surface area contributed by atoms with Gasteiger partial charge in [-0.25, -0.2) is 0 Å². The Morgan fingerprint density at radius 2 is 1.44 bits per heavy atom. The lowest BCUT2D eigenvalue weighted by Crippen LogP contribution is -2.40. The molecule has 0 fully saturated rings. The van der Waals surface area contributed by atoms with Crippen molar-refractivity contribution in [1.29, 1.82) is 0 Å². The molecule has 0 radical (unpaired) electrons. The number of hydrogen-bond donors (Lipinski definition) is 1. The zero-order valence-corrected chi connectivity index (χ0v) is 13.2. The second-order valence-corrected chi connectivity index (χ2v) is 6.18. The Kier molecular flexibility index (Phi) is 9.45. The molecule has 0 saturated carbocycles. The highest BCUT2D eigenvalue weighted by atomic mass is 16.3. The van der Waals surface area contributed by atoms with E-state index in [1.807, 2.05) is 0 Å². The number of aliphatic hydroxyl groups is 1. The molecule has 1 nitrogen and oxygen atoms in total. The van der Waals surface area contributed by atoms with E-state index in [1.165, 1.54) is 32.1 Å². The Balaban J connectivity index is 3.85. The summed E-state index contributed by atoms with van der Waals surface area (Å²) in [5.74, 6) is 0.624. The van der Waals surface area contributed by atoms with Crippen molar-refractivity contribution in [1.82, 2.24) is 0 Å². The Bertz CT molecular complexity index is 208. The molecule has 108 valence electrons. The van der Waals surface area contributed by atoms with E-state index in [4.69, 9.17) is 0 Å². The molecule has 0 amide bonds. The van der Waals surface area contributed by atoms with Gasteiger partial charge in [-0.05, 0) is 31.1 Å². The van der Waals surface area contributed by atoms with Crippen molar-refractivity contribution in [3.05, 3.63) is 12.2 Å². The Hall–Kier alpha value is -0.300. The van der Waals surface area contributed by atoms with Crippen LogP contribution in [0.4, 0.5) is 0 Å². The van der Waals surface area contributed by atoms with Gasteiger partial charge < -0.3 is 5.11 Å². The summed E-state index contributed by atoms with van der Waals surface area (Å²) in [6, 6.07) is 0. The van der Waals surface area contributed by atoms with Gasteiger partial charge in [-0.3, -0.25) is 0 Å². The maximum Gasteiger partial charge on any atom is 0.0727 e. The number of allylic oxidation sites excluding steroid dienone is 1. The van der Waals surface area contributed by atoms with Crippen molar-refractivity contribution in [2.24, 2.45) is 11.8 Å². The highest BCUT2D eigenvalue weighted by molar-refractivity contribution is 4.95. The molecule has 1 N–H and O–H groups in total. The molecule has 0 aliphatic rings. The molecule has 0 unspecified atom stereocenters. The minimum absolute atomic E-state index is 0.312. The highest BCUT2D eigenvalue weighted by Gasteiger charge is 2.32. The van der Waals surface area contributed by atoms with E-state index < -0.39 is 5.60 Å². The van der Waals surface area contributed by atoms with Crippen molar-refractivity contribution in [3.8, 4) is 0 Å². The van der Waals surface area contributed by atoms with Crippen LogP contribution in [0, 0.1) is 11.8 Å². The summed E-state index contributed by atoms with van der Waals surface area (Å²) in [5.41, 5.74) is -0.543. The van der Waals surface area contributed by atoms with Crippen LogP contribution in [-0.2, 0) is 0 Å². The van der Waals surface area contributed by atoms with Gasteiger partial charge >= 0.3 is 0 Å². The largest absolute Gasteiger partial charge is 0.389 e. The molecule has 18 heavy (non-hydrogen) atoms. The fourth-order valence-corrected chi connectivity index (χ4v) is 2.39. The first-order valence-electron chi connectivity index (χ1n) is 7.82. The van der Waals surface area contributed by atoms with Crippen LogP contribution in [0.15, 0.2) is 12.2 Å². The van der Waals surface area contributed by atoms with Gasteiger partial charge in [-0.2, -0.15) is 0 Å². The van der Waals surface area contributed by atoms with Crippen molar-refractivity contribution >= 4 is 0 Å². The molecule has 0 rings (SSSR count). The van der Waals surface area contributed by atoms with Crippen LogP contribution in [0.1, 0.15) is 79.6 Å². The van der Waals surface area contributed by atoms with Gasteiger partial charge in [0.15, 0.2) is 0 Å². The number of hydrogen-bond acceptors (Lipinski definition) is 1. The maximum atomic E-state index is 10.6. The van der Waals surface area contributed by atoms with Gasteiger partial charge in [0.1, 0.15) is 0 Å². The lowest BCUT2D eigenvalue weighted by molar-refractivity contribution is -0.0439. The average molecular weight is 254 g/mol. The zero-order valence-electron chi connectivity index (χ0n) is 13.2. The standard InChI is InChI=1S/C17H34O/c1-6-7-8-9-10-11-12-13-14-17(18,15(2)3)16(4)5/h12-13,15-16,18H,6-11,14H2,1-5H3/b13-12-. The number of rotatable bonds is 10. The lowest BCUT2D eigenvalue weighted by Gasteiger charge is -2.35. The molecule has 0 atom stereocenters. The van der Waals surface area contributed by atoms with Crippen LogP contribution in [0.25, 0.3) is 0 Å². The predicted octanol–water partition coefficient (Wildman–Crippen LogP) is 5.34. The molecule has 0 saturated heterocycles. The van der Waals surface area contributed by atoms with E-state index in [-0.39, 0.29) is 0 Å². The summed E-state index contributed by atoms with van der Waals surface area (Å²) in [7, 11) is 0. The monoisotopic (exact) mass is 254 g/mol. The van der Waals surface area contributed by atoms with Gasteiger partial charge in [0.05, 0.1) is 5.60 Å². The third-order valence-corrected chi connectivity index (χ3v) is 4.09. The summed E-state index contributed by atoms with van der Waals surface area (Å²) in [6.45, 7) is 10.7. The minimum Gasteiger partial charge on any atom is -0.389 e. The van der Waals surface area contributed by atoms with Gasteiger partial charge in [0.2, 0.25) is 0 Å². The fourth-order valence-electron chi connectivity index (χ4n) is 2.39. The first-order chi connectivity index (χ1) is 8.45. The quantitative estimate of drug-likeness (QED) is 0.412. The van der Waals surface area contributed by atoms with Crippen LogP contribution in [0.5, 0.6) is 0 Å². The van der Waals surface area contributed by atoms with Gasteiger partial charge in [-0.15, -0.1) is 0 Å². The smallest absolute Gasteiger partial charge is 0.0727 e. The Morgan fingerprint density at radius 3 is 1.94 bits per heavy atom. The van der Waals surface area contributed by atoms with Crippen LogP contribution in [-0.4, -0.2) is 10.7 Å². The van der Waals surface area contributed by atoms with Gasteiger partial charge in [0.25, 0.3) is 0 Å². The third-order valence-electron chi connectivity index (χ3n) is 4.09. The van der Waals surface area contributed by atoms with Gasteiger partial charge in [0, 0.05) is 0 Å². The van der Waals surface area contributed by atoms with Crippen LogP contribution in [0.2, 0.25) is 0 Å². The summed E-state index contributed by atoms with van der Waals surface area (Å²) in [4.78, 5) is 0. The maximum absolute atomic E-state index is 10.6.